The number of carbonyl (C=O) groups excluding carboxylic acids is 1. The van der Waals surface area contributed by atoms with E-state index in [1.54, 1.807) is 23.5 Å². The first-order valence-corrected chi connectivity index (χ1v) is 14.2. The number of aliphatic hydroxyl groups excluding tert-OH is 1. The van der Waals surface area contributed by atoms with Gasteiger partial charge in [-0.25, -0.2) is 4.79 Å². The van der Waals surface area contributed by atoms with E-state index in [0.29, 0.717) is 12.4 Å². The van der Waals surface area contributed by atoms with Crippen molar-refractivity contribution < 1.29 is 37.3 Å². The molecule has 1 heterocycles. The summed E-state index contributed by atoms with van der Waals surface area (Å²) in [6.45, 7) is 3.13. The second-order valence-corrected chi connectivity index (χ2v) is 10.7. The van der Waals surface area contributed by atoms with Crippen LogP contribution >= 0.6 is 11.3 Å². The summed E-state index contributed by atoms with van der Waals surface area (Å²) < 4.78 is 53.5. The van der Waals surface area contributed by atoms with Crippen LogP contribution in [0.4, 0.5) is 13.2 Å². The Balaban J connectivity index is 1.39. The van der Waals surface area contributed by atoms with Crippen LogP contribution in [0.25, 0.3) is 21.2 Å². The first-order valence-electron chi connectivity index (χ1n) is 13.3. The molecule has 0 saturated carbocycles. The molecule has 10 heteroatoms. The summed E-state index contributed by atoms with van der Waals surface area (Å²) in [7, 11) is 0. The molecule has 0 aliphatic heterocycles. The smallest absolute Gasteiger partial charge is 0.490 e. The molecule has 0 spiro atoms. The predicted octanol–water partition coefficient (Wildman–Crippen LogP) is 7.32. The normalized spacial score (nSPS) is 12.5. The van der Waals surface area contributed by atoms with E-state index in [1.165, 1.54) is 0 Å². The van der Waals surface area contributed by atoms with Gasteiger partial charge in [0.15, 0.2) is 0 Å². The Morgan fingerprint density at radius 3 is 2.44 bits per heavy atom. The molecule has 4 rings (SSSR count). The molecule has 3 aromatic carbocycles. The zero-order chi connectivity index (χ0) is 31.0. The first kappa shape index (κ1) is 31.4. The SMILES string of the molecule is Cc1cc(OC[C@H](O)COC(=O)C(F)(F)F)ccc1-c1csc2ccc(COc3ccc([C@H](C)C#CCC#N)cc3)cc12. The predicted molar refractivity (Wildman–Crippen MR) is 158 cm³/mol. The number of thiophene rings is 1. The van der Waals surface area contributed by atoms with Gasteiger partial charge in [0.1, 0.15) is 37.4 Å². The third-order valence-electron chi connectivity index (χ3n) is 6.48. The highest BCUT2D eigenvalue weighted by atomic mass is 32.1. The van der Waals surface area contributed by atoms with Crippen molar-refractivity contribution in [1.29, 1.82) is 5.26 Å². The van der Waals surface area contributed by atoms with E-state index in [2.05, 4.69) is 34.1 Å². The molecular formula is C33H28F3NO5S. The van der Waals surface area contributed by atoms with Crippen LogP contribution in [-0.4, -0.2) is 36.6 Å². The van der Waals surface area contributed by atoms with Crippen LogP contribution in [0, 0.1) is 30.1 Å². The second-order valence-electron chi connectivity index (χ2n) is 9.75. The summed E-state index contributed by atoms with van der Waals surface area (Å²) in [4.78, 5) is 10.8. The van der Waals surface area contributed by atoms with E-state index < -0.39 is 24.9 Å². The summed E-state index contributed by atoms with van der Waals surface area (Å²) in [5, 5.41) is 21.6. The van der Waals surface area contributed by atoms with E-state index >= 15 is 0 Å². The van der Waals surface area contributed by atoms with Gasteiger partial charge in [-0.05, 0) is 77.9 Å². The minimum atomic E-state index is -5.12. The fraction of sp³-hybridized carbons (Fsp3) is 0.273. The van der Waals surface area contributed by atoms with Crippen LogP contribution in [0.3, 0.4) is 0 Å². The molecule has 1 aromatic heterocycles. The molecule has 222 valence electrons. The summed E-state index contributed by atoms with van der Waals surface area (Å²) >= 11 is 1.62. The van der Waals surface area contributed by atoms with Crippen LogP contribution in [0.1, 0.15) is 36.0 Å². The number of aliphatic hydroxyl groups is 1. The Morgan fingerprint density at radius 1 is 1.00 bits per heavy atom. The van der Waals surface area contributed by atoms with Crippen molar-refractivity contribution >= 4 is 27.4 Å². The van der Waals surface area contributed by atoms with Gasteiger partial charge in [0.05, 0.1) is 12.5 Å². The number of halogens is 3. The van der Waals surface area contributed by atoms with Gasteiger partial charge in [-0.3, -0.25) is 0 Å². The second kappa shape index (κ2) is 14.1. The molecule has 0 fully saturated rings. The molecule has 6 nitrogen and oxygen atoms in total. The van der Waals surface area contributed by atoms with Crippen molar-refractivity contribution in [2.75, 3.05) is 13.2 Å². The number of hydrogen-bond donors (Lipinski definition) is 1. The molecular weight excluding hydrogens is 579 g/mol. The lowest BCUT2D eigenvalue weighted by Crippen LogP contribution is -2.31. The summed E-state index contributed by atoms with van der Waals surface area (Å²) in [6, 6.07) is 21.4. The van der Waals surface area contributed by atoms with Gasteiger partial charge in [-0.15, -0.1) is 11.3 Å². The number of nitriles is 1. The molecule has 1 N–H and O–H groups in total. The Bertz CT molecular complexity index is 1680. The third kappa shape index (κ3) is 8.51. The van der Waals surface area contributed by atoms with Gasteiger partial charge in [0.2, 0.25) is 0 Å². The number of aryl methyl sites for hydroxylation is 1. The van der Waals surface area contributed by atoms with E-state index in [0.717, 1.165) is 43.7 Å². The fourth-order valence-corrected chi connectivity index (χ4v) is 5.18. The van der Waals surface area contributed by atoms with Crippen LogP contribution < -0.4 is 9.47 Å². The number of carbonyl (C=O) groups is 1. The lowest BCUT2D eigenvalue weighted by atomic mass is 9.99. The first-order chi connectivity index (χ1) is 20.5. The Morgan fingerprint density at radius 2 is 1.74 bits per heavy atom. The molecule has 0 amide bonds. The molecule has 0 unspecified atom stereocenters. The van der Waals surface area contributed by atoms with Crippen LogP contribution in [-0.2, 0) is 16.1 Å². The third-order valence-corrected chi connectivity index (χ3v) is 7.44. The molecule has 43 heavy (non-hydrogen) atoms. The van der Waals surface area contributed by atoms with Gasteiger partial charge in [0.25, 0.3) is 0 Å². The van der Waals surface area contributed by atoms with Crippen LogP contribution in [0.2, 0.25) is 0 Å². The molecule has 0 aliphatic carbocycles. The molecule has 0 saturated heterocycles. The van der Waals surface area contributed by atoms with E-state index in [-0.39, 0.29) is 18.9 Å². The number of benzene rings is 3. The summed E-state index contributed by atoms with van der Waals surface area (Å²) in [5.74, 6) is 4.74. The van der Waals surface area contributed by atoms with Gasteiger partial charge < -0.3 is 19.3 Å². The molecule has 0 aliphatic rings. The van der Waals surface area contributed by atoms with Gasteiger partial charge >= 0.3 is 12.1 Å². The van der Waals surface area contributed by atoms with E-state index in [9.17, 15) is 23.1 Å². The number of fused-ring (bicyclic) bond motifs is 1. The minimum Gasteiger partial charge on any atom is -0.491 e. The van der Waals surface area contributed by atoms with Crippen molar-refractivity contribution in [3.63, 3.8) is 0 Å². The standard InChI is InChI=1S/C33H28F3NO5S/c1-21(5-3-4-14-37)24-7-9-26(10-8-24)40-17-23-6-13-31-29(16-23)30(20-43-31)28-12-11-27(15-22(28)2)41-18-25(38)19-42-32(39)33(34,35)36/h6-13,15-16,20-21,25,38H,4,17-19H2,1-2H3/t21-,25+/m1/s1. The average Bonchev–Trinajstić information content (AvgIpc) is 3.40. The highest BCUT2D eigenvalue weighted by Gasteiger charge is 2.41. The number of alkyl halides is 3. The molecule has 0 bridgehead atoms. The zero-order valence-corrected chi connectivity index (χ0v) is 24.2. The van der Waals surface area contributed by atoms with Crippen LogP contribution in [0.5, 0.6) is 11.5 Å². The Kier molecular flexibility index (Phi) is 10.3. The number of hydrogen-bond acceptors (Lipinski definition) is 7. The molecule has 0 radical (unpaired) electrons. The summed E-state index contributed by atoms with van der Waals surface area (Å²) in [6.07, 6.45) is -6.31. The quantitative estimate of drug-likeness (QED) is 0.150. The van der Waals surface area contributed by atoms with E-state index in [1.807, 2.05) is 56.3 Å². The van der Waals surface area contributed by atoms with Crippen LogP contribution in [0.15, 0.2) is 66.0 Å². The maximum absolute atomic E-state index is 12.2. The van der Waals surface area contributed by atoms with Crippen molar-refractivity contribution in [1.82, 2.24) is 0 Å². The summed E-state index contributed by atoms with van der Waals surface area (Å²) in [5.41, 5.74) is 4.99. The minimum absolute atomic E-state index is 0.0238. The number of rotatable bonds is 10. The number of nitrogens with zero attached hydrogens (tertiary/aromatic N) is 1. The fourth-order valence-electron chi connectivity index (χ4n) is 4.24. The zero-order valence-electron chi connectivity index (χ0n) is 23.4. The van der Waals surface area contributed by atoms with Crippen molar-refractivity contribution in [3.05, 3.63) is 82.7 Å². The Hall–Kier alpha value is -4.51. The monoisotopic (exact) mass is 607 g/mol. The maximum atomic E-state index is 12.2. The Labute approximate surface area is 251 Å². The molecule has 4 aromatic rings. The lowest BCUT2D eigenvalue weighted by molar-refractivity contribution is -0.202. The van der Waals surface area contributed by atoms with E-state index in [4.69, 9.17) is 14.7 Å². The highest BCUT2D eigenvalue weighted by molar-refractivity contribution is 7.17. The maximum Gasteiger partial charge on any atom is 0.490 e. The topological polar surface area (TPSA) is 88.8 Å². The highest BCUT2D eigenvalue weighted by Crippen LogP contribution is 2.37. The average molecular weight is 608 g/mol. The number of ether oxygens (including phenoxy) is 3. The number of esters is 1. The lowest BCUT2D eigenvalue weighted by Gasteiger charge is -2.15. The largest absolute Gasteiger partial charge is 0.491 e. The van der Waals surface area contributed by atoms with Gasteiger partial charge in [-0.2, -0.15) is 18.4 Å². The van der Waals surface area contributed by atoms with Gasteiger partial charge in [0, 0.05) is 21.6 Å². The van der Waals surface area contributed by atoms with Crippen molar-refractivity contribution in [2.24, 2.45) is 0 Å². The molecule has 2 atom stereocenters. The van der Waals surface area contributed by atoms with Crippen molar-refractivity contribution in [3.8, 4) is 40.5 Å². The van der Waals surface area contributed by atoms with Crippen molar-refractivity contribution in [2.45, 2.75) is 45.1 Å². The van der Waals surface area contributed by atoms with Gasteiger partial charge in [-0.1, -0.05) is 36.1 Å².